The van der Waals surface area contributed by atoms with Crippen molar-refractivity contribution in [2.75, 3.05) is 0 Å². The second kappa shape index (κ2) is 4.98. The number of hydrogen-bond donors (Lipinski definition) is 2. The van der Waals surface area contributed by atoms with E-state index in [4.69, 9.17) is 10.4 Å². The number of aliphatic carboxylic acids is 1. The molecule has 0 unspecified atom stereocenters. The molecule has 0 fully saturated rings. The summed E-state index contributed by atoms with van der Waals surface area (Å²) in [4.78, 5) is 10.9. The Bertz CT molecular complexity index is 473. The lowest BCUT2D eigenvalue weighted by atomic mass is 10.0. The van der Waals surface area contributed by atoms with Gasteiger partial charge in [-0.3, -0.25) is 10.1 Å². The van der Waals surface area contributed by atoms with Crippen LogP contribution >= 0.6 is 0 Å². The fourth-order valence-corrected chi connectivity index (χ4v) is 1.36. The predicted octanol–water partition coefficient (Wildman–Crippen LogP) is 1.82. The molecule has 0 heterocycles. The van der Waals surface area contributed by atoms with E-state index in [0.717, 1.165) is 11.1 Å². The van der Waals surface area contributed by atoms with Gasteiger partial charge < -0.3 is 5.11 Å². The Kier molecular flexibility index (Phi) is 3.87. The van der Waals surface area contributed by atoms with E-state index in [9.17, 15) is 4.79 Å². The summed E-state index contributed by atoms with van der Waals surface area (Å²) in [6.45, 7) is 5.62. The van der Waals surface area contributed by atoms with Crippen molar-refractivity contribution < 1.29 is 9.90 Å². The zero-order valence-electron chi connectivity index (χ0n) is 10.2. The Balaban J connectivity index is 2.78. The average Bonchev–Trinajstić information content (AvgIpc) is 2.27. The van der Waals surface area contributed by atoms with Crippen molar-refractivity contribution in [2.24, 2.45) is 0 Å². The van der Waals surface area contributed by atoms with Gasteiger partial charge in [0.25, 0.3) is 0 Å². The van der Waals surface area contributed by atoms with Gasteiger partial charge in [0.05, 0.1) is 11.6 Å². The van der Waals surface area contributed by atoms with Crippen LogP contribution < -0.4 is 5.32 Å². The van der Waals surface area contributed by atoms with E-state index in [0.29, 0.717) is 12.1 Å². The van der Waals surface area contributed by atoms with Crippen molar-refractivity contribution >= 4 is 5.97 Å². The number of carboxylic acid groups (broad SMARTS) is 1. The highest BCUT2D eigenvalue weighted by atomic mass is 16.4. The topological polar surface area (TPSA) is 73.1 Å². The van der Waals surface area contributed by atoms with E-state index in [1.807, 2.05) is 13.0 Å². The maximum atomic E-state index is 10.9. The van der Waals surface area contributed by atoms with Gasteiger partial charge in [0, 0.05) is 6.54 Å². The molecule has 0 radical (unpaired) electrons. The molecule has 1 aromatic carbocycles. The van der Waals surface area contributed by atoms with Crippen LogP contribution in [0.5, 0.6) is 0 Å². The molecule has 4 nitrogen and oxygen atoms in total. The predicted molar refractivity (Wildman–Crippen MR) is 64.4 cm³/mol. The highest BCUT2D eigenvalue weighted by molar-refractivity contribution is 5.77. The van der Waals surface area contributed by atoms with Gasteiger partial charge in [0.2, 0.25) is 0 Å². The molecule has 17 heavy (non-hydrogen) atoms. The Morgan fingerprint density at radius 3 is 2.65 bits per heavy atom. The van der Waals surface area contributed by atoms with Gasteiger partial charge in [0.15, 0.2) is 0 Å². The molecule has 0 bridgehead atoms. The van der Waals surface area contributed by atoms with Crippen molar-refractivity contribution in [3.8, 4) is 6.07 Å². The molecular formula is C13H16N2O2. The molecule has 0 aliphatic rings. The van der Waals surface area contributed by atoms with E-state index >= 15 is 0 Å². The molecule has 0 aliphatic carbocycles. The largest absolute Gasteiger partial charge is 0.480 e. The molecule has 0 amide bonds. The number of aryl methyl sites for hydroxylation is 1. The van der Waals surface area contributed by atoms with Crippen LogP contribution in [0.3, 0.4) is 0 Å². The number of carboxylic acids is 1. The highest BCUT2D eigenvalue weighted by Crippen LogP contribution is 2.12. The highest BCUT2D eigenvalue weighted by Gasteiger charge is 2.25. The first-order valence-electron chi connectivity index (χ1n) is 5.35. The minimum atomic E-state index is -0.958. The summed E-state index contributed by atoms with van der Waals surface area (Å²) >= 11 is 0. The lowest BCUT2D eigenvalue weighted by Gasteiger charge is -2.21. The van der Waals surface area contributed by atoms with Crippen LogP contribution in [-0.4, -0.2) is 16.6 Å². The van der Waals surface area contributed by atoms with Crippen LogP contribution in [0.4, 0.5) is 0 Å². The first-order chi connectivity index (χ1) is 7.86. The lowest BCUT2D eigenvalue weighted by Crippen LogP contribution is -2.46. The Morgan fingerprint density at radius 2 is 2.18 bits per heavy atom. The Hall–Kier alpha value is -1.86. The fraction of sp³-hybridized carbons (Fsp3) is 0.385. The van der Waals surface area contributed by atoms with Crippen LogP contribution in [0.15, 0.2) is 18.2 Å². The molecule has 0 saturated carbocycles. The molecule has 0 aliphatic heterocycles. The van der Waals surface area contributed by atoms with Gasteiger partial charge in [-0.1, -0.05) is 6.07 Å². The molecule has 4 heteroatoms. The fourth-order valence-electron chi connectivity index (χ4n) is 1.36. The first-order valence-corrected chi connectivity index (χ1v) is 5.35. The van der Waals surface area contributed by atoms with E-state index < -0.39 is 11.5 Å². The number of hydrogen-bond acceptors (Lipinski definition) is 3. The molecule has 2 N–H and O–H groups in total. The van der Waals surface area contributed by atoms with Crippen molar-refractivity contribution in [2.45, 2.75) is 32.9 Å². The van der Waals surface area contributed by atoms with Gasteiger partial charge >= 0.3 is 5.97 Å². The third kappa shape index (κ3) is 3.30. The Morgan fingerprint density at radius 1 is 1.53 bits per heavy atom. The number of carbonyl (C=O) groups is 1. The quantitative estimate of drug-likeness (QED) is 0.830. The second-order valence-electron chi connectivity index (χ2n) is 4.54. The van der Waals surface area contributed by atoms with E-state index in [2.05, 4.69) is 11.4 Å². The molecule has 0 atom stereocenters. The van der Waals surface area contributed by atoms with Crippen molar-refractivity contribution in [1.29, 1.82) is 5.26 Å². The molecule has 90 valence electrons. The Labute approximate surface area is 101 Å². The first kappa shape index (κ1) is 13.2. The number of nitriles is 1. The van der Waals surface area contributed by atoms with Crippen molar-refractivity contribution in [3.05, 3.63) is 34.9 Å². The molecular weight excluding hydrogens is 216 g/mol. The van der Waals surface area contributed by atoms with Gasteiger partial charge in [-0.15, -0.1) is 0 Å². The molecule has 1 aromatic rings. The maximum absolute atomic E-state index is 10.9. The zero-order chi connectivity index (χ0) is 13.1. The minimum Gasteiger partial charge on any atom is -0.480 e. The number of nitrogens with one attached hydrogen (secondary N) is 1. The van der Waals surface area contributed by atoms with Crippen molar-refractivity contribution in [1.82, 2.24) is 5.32 Å². The number of benzene rings is 1. The summed E-state index contributed by atoms with van der Waals surface area (Å²) in [6, 6.07) is 7.45. The second-order valence-corrected chi connectivity index (χ2v) is 4.54. The maximum Gasteiger partial charge on any atom is 0.323 e. The SMILES string of the molecule is Cc1cc(C#N)ccc1CNC(C)(C)C(=O)O. The van der Waals surface area contributed by atoms with Crippen LogP contribution in [0, 0.1) is 18.3 Å². The molecule has 0 saturated heterocycles. The third-order valence-corrected chi connectivity index (χ3v) is 2.73. The van der Waals surface area contributed by atoms with Crippen LogP contribution in [0.1, 0.15) is 30.5 Å². The van der Waals surface area contributed by atoms with E-state index in [1.165, 1.54) is 0 Å². The zero-order valence-corrected chi connectivity index (χ0v) is 10.2. The van der Waals surface area contributed by atoms with Crippen molar-refractivity contribution in [3.63, 3.8) is 0 Å². The lowest BCUT2D eigenvalue weighted by molar-refractivity contribution is -0.143. The monoisotopic (exact) mass is 232 g/mol. The molecule has 0 aromatic heterocycles. The van der Waals surface area contributed by atoms with Gasteiger partial charge in [-0.05, 0) is 44.0 Å². The van der Waals surface area contributed by atoms with Gasteiger partial charge in [-0.25, -0.2) is 0 Å². The van der Waals surface area contributed by atoms with Gasteiger partial charge in [0.1, 0.15) is 5.54 Å². The normalized spacial score (nSPS) is 10.9. The van der Waals surface area contributed by atoms with E-state index in [1.54, 1.807) is 26.0 Å². The minimum absolute atomic E-state index is 0.469. The summed E-state index contributed by atoms with van der Waals surface area (Å²) in [5, 5.41) is 20.7. The summed E-state index contributed by atoms with van der Waals surface area (Å²) in [5.74, 6) is -0.885. The third-order valence-electron chi connectivity index (χ3n) is 2.73. The van der Waals surface area contributed by atoms with Crippen LogP contribution in [0.2, 0.25) is 0 Å². The van der Waals surface area contributed by atoms with Crippen LogP contribution in [-0.2, 0) is 11.3 Å². The summed E-state index contributed by atoms with van der Waals surface area (Å²) in [7, 11) is 0. The summed E-state index contributed by atoms with van der Waals surface area (Å²) < 4.78 is 0. The summed E-state index contributed by atoms with van der Waals surface area (Å²) in [6.07, 6.45) is 0. The molecule has 1 rings (SSSR count). The van der Waals surface area contributed by atoms with E-state index in [-0.39, 0.29) is 0 Å². The average molecular weight is 232 g/mol. The molecule has 0 spiro atoms. The van der Waals surface area contributed by atoms with Gasteiger partial charge in [-0.2, -0.15) is 5.26 Å². The standard InChI is InChI=1S/C13H16N2O2/c1-9-6-10(7-14)4-5-11(9)8-15-13(2,3)12(16)17/h4-6,15H,8H2,1-3H3,(H,16,17). The summed E-state index contributed by atoms with van der Waals surface area (Å²) in [5.41, 5.74) is 1.64. The number of rotatable bonds is 4. The van der Waals surface area contributed by atoms with Crippen LogP contribution in [0.25, 0.3) is 0 Å². The smallest absolute Gasteiger partial charge is 0.323 e. The number of nitrogens with zero attached hydrogens (tertiary/aromatic N) is 1.